The molecule has 0 saturated carbocycles. The fourth-order valence-electron chi connectivity index (χ4n) is 14.4. The maximum absolute atomic E-state index is 14.5. The zero-order valence-corrected chi connectivity index (χ0v) is 72.5. The summed E-state index contributed by atoms with van der Waals surface area (Å²) < 4.78 is 188. The van der Waals surface area contributed by atoms with Gasteiger partial charge in [-0.1, -0.05) is 0 Å². The molecule has 6 unspecified atom stereocenters. The highest BCUT2D eigenvalue weighted by atomic mass is 31.2. The van der Waals surface area contributed by atoms with Crippen molar-refractivity contribution in [2.75, 3.05) is 81.5 Å². The Bertz CT molecular complexity index is 6100. The van der Waals surface area contributed by atoms with Crippen LogP contribution in [0.5, 0.6) is 0 Å². The average molecular weight is 1980 g/mol. The Hall–Kier alpha value is -8.44. The average Bonchev–Trinajstić information content (AvgIpc) is 1.63. The molecule has 6 aliphatic rings. The smallest absolute Gasteiger partial charge is 0.387 e. The Balaban J connectivity index is 0.671. The lowest BCUT2D eigenvalue weighted by molar-refractivity contribution is -0.0660. The zero-order valence-electron chi connectivity index (χ0n) is 67.2. The lowest BCUT2D eigenvalue weighted by atomic mass is 10.1. The fraction of sp³-hybridized carbons (Fsp3) is 0.581. The van der Waals surface area contributed by atoms with Gasteiger partial charge in [-0.25, -0.2) is 76.5 Å². The maximum atomic E-state index is 14.5. The summed E-state index contributed by atoms with van der Waals surface area (Å²) in [7, 11) is -34.1. The molecule has 131 heavy (non-hydrogen) atoms. The van der Waals surface area contributed by atoms with E-state index in [0.29, 0.717) is 33.1 Å². The van der Waals surface area contributed by atoms with Gasteiger partial charge in [-0.2, -0.15) is 15.0 Å². The van der Waals surface area contributed by atoms with E-state index in [1.54, 1.807) is 0 Å². The van der Waals surface area contributed by atoms with Crippen LogP contribution in [0.2, 0.25) is 0 Å². The van der Waals surface area contributed by atoms with Gasteiger partial charge in [-0.15, -0.1) is 0 Å². The predicted octanol–water partition coefficient (Wildman–Crippen LogP) is -6.08. The molecule has 0 aliphatic carbocycles. The van der Waals surface area contributed by atoms with Gasteiger partial charge in [0.25, 0.3) is 5.56 Å². The Labute approximate surface area is 730 Å². The molecule has 0 spiro atoms. The third kappa shape index (κ3) is 22.6. The van der Waals surface area contributed by atoms with Gasteiger partial charge in [-0.3, -0.25) is 91.5 Å². The number of aryl methyl sites for hydroxylation is 1. The first-order chi connectivity index (χ1) is 61.8. The number of rotatable bonds is 40. The van der Waals surface area contributed by atoms with E-state index < -0.39 is 262 Å². The summed E-state index contributed by atoms with van der Waals surface area (Å²) in [6.07, 6.45) is -37.9. The van der Waals surface area contributed by atoms with Crippen molar-refractivity contribution in [3.63, 3.8) is 0 Å². The molecule has 14 rings (SSSR count). The second kappa shape index (κ2) is 39.9. The van der Waals surface area contributed by atoms with Crippen molar-refractivity contribution in [3.05, 3.63) is 126 Å². The number of hydrogen-bond donors (Lipinski definition) is 19. The largest absolute Gasteiger partial charge is 0.472 e. The van der Waals surface area contributed by atoms with Crippen LogP contribution >= 0.6 is 46.9 Å². The highest BCUT2D eigenvalue weighted by Crippen LogP contribution is 2.57. The standard InChI is InChI=1S/C62H86N22O41P6/c1-25-14-82(62(95)78-53(25)91)36-13-26(121-127(98,99)112-18-32-48(44(90)58(120-32)84-24-74-38-50(68)70-22-72-52(38)84)125-129(102,103)111-16-28-39(85)40(86)54(116-28)83-23-73-37-49(67)69-21-71-51(37)83)27(115-36)15-110-128(100,101)122-46-30(118-56(42(46)88)80-10-6-34(65)76-60(80)93)19-114-131(106,107)124-47-31(119-57(43(47)89)81-11-7-35(66)77-61(81)94)20-113-130(104,105)123-45-29(17-109-126(96,97)108-12-4-2-3-8-63)117-55(41(45)87)79-9-5-33(64)75-59(79)92/h5-7,9-11,14,21-24,26-32,36,39-48,54-58,85-90H,2-4,8,12-13,15-20,63H2,1H3,(H,96,97)(H,98,99)(H,100,101)(H,102,103)(H,104,105)(H,106,107)(H2,64,75,92)(H2,65,76,93)(H2,66,77,94)(H2,67,69,71)(H2,68,70,72)(H,78,91,95)/t26-,27+,28+,29+,30+,31+,32+,36+,39+,40+,41+,42+,43+,44+,45+,46+,47+,48+,54+,55+,56+,57+,58+/m0/s1. The number of aromatic amines is 1. The number of phosphoric acid groups is 6. The zero-order chi connectivity index (χ0) is 94.5. The molecule has 69 heteroatoms. The van der Waals surface area contributed by atoms with Gasteiger partial charge in [0, 0.05) is 36.8 Å². The first-order valence-corrected chi connectivity index (χ1v) is 47.6. The van der Waals surface area contributed by atoms with E-state index in [1.807, 2.05) is 4.98 Å². The number of anilines is 5. The van der Waals surface area contributed by atoms with Gasteiger partial charge in [0.1, 0.15) is 151 Å². The van der Waals surface area contributed by atoms with Crippen LogP contribution in [0.1, 0.15) is 68.6 Å². The molecule has 720 valence electrons. The van der Waals surface area contributed by atoms with Crippen molar-refractivity contribution in [3.8, 4) is 0 Å². The highest BCUT2D eigenvalue weighted by Gasteiger charge is 2.57. The van der Waals surface area contributed by atoms with Crippen molar-refractivity contribution >= 4 is 98.4 Å². The number of nitrogens with two attached hydrogens (primary N) is 6. The topological polar surface area (TPSA) is 914 Å². The molecule has 63 nitrogen and oxygen atoms in total. The van der Waals surface area contributed by atoms with E-state index in [4.69, 9.17) is 117 Å². The molecule has 29 atom stereocenters. The molecular weight excluding hydrogens is 1890 g/mol. The number of H-pyrrole nitrogens is 1. The lowest BCUT2D eigenvalue weighted by Crippen LogP contribution is -2.39. The summed E-state index contributed by atoms with van der Waals surface area (Å²) in [6, 6.07) is 3.14. The predicted molar refractivity (Wildman–Crippen MR) is 426 cm³/mol. The molecule has 6 aliphatic heterocycles. The molecule has 8 aromatic heterocycles. The molecule has 25 N–H and O–H groups in total. The minimum Gasteiger partial charge on any atom is -0.387 e. The van der Waals surface area contributed by atoms with Crippen LogP contribution in [-0.2, 0) is 110 Å². The van der Waals surface area contributed by atoms with Crippen LogP contribution in [0.3, 0.4) is 0 Å². The lowest BCUT2D eigenvalue weighted by Gasteiger charge is -2.27. The number of unbranched alkanes of at least 4 members (excludes halogenated alkanes) is 2. The normalized spacial score (nSPS) is 31.5. The molecule has 8 aromatic rings. The third-order valence-corrected chi connectivity index (χ3v) is 26.7. The summed E-state index contributed by atoms with van der Waals surface area (Å²) in [5.74, 6) is -1.27. The van der Waals surface area contributed by atoms with Crippen molar-refractivity contribution in [2.24, 2.45) is 5.73 Å². The number of phosphoric ester groups is 6. The van der Waals surface area contributed by atoms with Gasteiger partial charge in [0.2, 0.25) is 0 Å². The highest BCUT2D eigenvalue weighted by molar-refractivity contribution is 7.48. The van der Waals surface area contributed by atoms with Gasteiger partial charge in [0.15, 0.2) is 54.1 Å². The Morgan fingerprint density at radius 1 is 0.412 bits per heavy atom. The summed E-state index contributed by atoms with van der Waals surface area (Å²) in [5, 5.41) is 69.4. The molecule has 6 saturated heterocycles. The van der Waals surface area contributed by atoms with Crippen molar-refractivity contribution in [1.29, 1.82) is 0 Å². The monoisotopic (exact) mass is 1980 g/mol. The van der Waals surface area contributed by atoms with E-state index >= 15 is 0 Å². The number of hydrogen-bond acceptors (Lipinski definition) is 50. The molecule has 6 fully saturated rings. The summed E-state index contributed by atoms with van der Waals surface area (Å²) in [6.45, 7) is -6.32. The quantitative estimate of drug-likeness (QED) is 0.0126. The minimum absolute atomic E-state index is 0.0465. The van der Waals surface area contributed by atoms with Crippen molar-refractivity contribution in [2.45, 2.75) is 174 Å². The van der Waals surface area contributed by atoms with Crippen molar-refractivity contribution in [1.82, 2.24) is 77.2 Å². The van der Waals surface area contributed by atoms with E-state index in [-0.39, 0.29) is 70.0 Å². The Kier molecular flexibility index (Phi) is 30.0. The number of nitrogens with one attached hydrogen (secondary N) is 1. The first-order valence-electron chi connectivity index (χ1n) is 38.6. The number of aliphatic hydroxyl groups is 6. The summed E-state index contributed by atoms with van der Waals surface area (Å²) >= 11 is 0. The van der Waals surface area contributed by atoms with E-state index in [0.717, 1.165) is 77.4 Å². The van der Waals surface area contributed by atoms with Crippen LogP contribution in [0.15, 0.2) is 92.3 Å². The van der Waals surface area contributed by atoms with Crippen LogP contribution in [0.25, 0.3) is 22.3 Å². The third-order valence-electron chi connectivity index (χ3n) is 20.7. The van der Waals surface area contributed by atoms with E-state index in [2.05, 4.69) is 44.9 Å². The molecular formula is C62H86N22O41P6. The number of nitrogen functional groups attached to an aromatic ring is 5. The van der Waals surface area contributed by atoms with Crippen molar-refractivity contribution < 1.29 is 170 Å². The van der Waals surface area contributed by atoms with Gasteiger partial charge in [-0.05, 0) is 50.9 Å². The SMILES string of the molecule is Cc1cn([C@H]2C[C@H](OP(=O)(O)OC[C@H]3O[C@@H](n4cnc5c(N)ncnc54)[C@H](O)[C@@H]3OP(=O)(O)OC[C@H]3O[C@@H](n4cnc5c(N)ncnc54)[C@H](O)[C@@H]3O)[C@@H](COP(=O)(O)O[C@H]3[C@@H](O)[C@H](n4ccc(N)nc4=O)O[C@@H]3COP(=O)(O)O[C@H]3[C@@H](O)[C@H](n4ccc(N)nc4=O)O[C@@H]3COP(=O)(O)O[C@H]3[C@@H](O)[C@H](n4ccc(N)nc4=O)O[C@@H]3COP(=O)(O)OCCCCCN)O2)c(=O)[nH]c1=O. The molecule has 14 heterocycles. The van der Waals surface area contributed by atoms with Gasteiger partial charge in [0.05, 0.1) is 58.9 Å². The van der Waals surface area contributed by atoms with Crippen LogP contribution in [0.4, 0.5) is 29.1 Å². The second-order valence-electron chi connectivity index (χ2n) is 29.6. The minimum atomic E-state index is -6.00. The molecule has 0 amide bonds. The number of aliphatic hydroxyl groups excluding tert-OH is 6. The maximum Gasteiger partial charge on any atom is 0.472 e. The number of fused-ring (bicyclic) bond motifs is 2. The fourth-order valence-corrected chi connectivity index (χ4v) is 20.0. The first kappa shape index (κ1) is 98.6. The van der Waals surface area contributed by atoms with Crippen LogP contribution in [0, 0.1) is 6.92 Å². The second-order valence-corrected chi connectivity index (χ2v) is 38.1. The Morgan fingerprint density at radius 2 is 0.763 bits per heavy atom. The summed E-state index contributed by atoms with van der Waals surface area (Å²) in [5.41, 5.74) is 28.6. The van der Waals surface area contributed by atoms with Crippen LogP contribution < -0.4 is 62.7 Å². The molecule has 0 bridgehead atoms. The van der Waals surface area contributed by atoms with Gasteiger partial charge >= 0.3 is 69.7 Å². The van der Waals surface area contributed by atoms with Gasteiger partial charge < -0.3 is 123 Å². The number of nitrogens with zero attached hydrogens (tertiary/aromatic N) is 15. The summed E-state index contributed by atoms with van der Waals surface area (Å²) in [4.78, 5) is 170. The number of ether oxygens (including phenoxy) is 6. The number of imidazole rings is 2. The Morgan fingerprint density at radius 3 is 1.15 bits per heavy atom. The number of aromatic nitrogens is 16. The molecule has 0 aromatic carbocycles. The van der Waals surface area contributed by atoms with Crippen LogP contribution in [-0.4, -0.2) is 294 Å². The molecule has 0 radical (unpaired) electrons. The van der Waals surface area contributed by atoms with E-state index in [1.165, 1.54) is 11.5 Å². The van der Waals surface area contributed by atoms with E-state index in [9.17, 15) is 111 Å².